The van der Waals surface area contributed by atoms with Crippen LogP contribution in [0.3, 0.4) is 0 Å². The van der Waals surface area contributed by atoms with Crippen LogP contribution in [0.25, 0.3) is 0 Å². The topological polar surface area (TPSA) is 78.8 Å². The summed E-state index contributed by atoms with van der Waals surface area (Å²) in [6.07, 6.45) is 0.575. The van der Waals surface area contributed by atoms with Crippen molar-refractivity contribution in [3.8, 4) is 0 Å². The molecular formula is C18H28F3N3O3S. The van der Waals surface area contributed by atoms with Gasteiger partial charge in [-0.25, -0.2) is 8.42 Å². The van der Waals surface area contributed by atoms with Crippen molar-refractivity contribution in [3.05, 3.63) is 12.0 Å². The number of hydrogen-bond donors (Lipinski definition) is 1. The molecule has 1 spiro atoms. The van der Waals surface area contributed by atoms with E-state index >= 15 is 0 Å². The highest BCUT2D eigenvalue weighted by atomic mass is 32.2. The maximum atomic E-state index is 12.4. The van der Waals surface area contributed by atoms with Gasteiger partial charge in [-0.2, -0.15) is 17.5 Å². The summed E-state index contributed by atoms with van der Waals surface area (Å²) in [4.78, 5) is 16.9. The predicted molar refractivity (Wildman–Crippen MR) is 101 cm³/mol. The van der Waals surface area contributed by atoms with Gasteiger partial charge in [-0.05, 0) is 25.7 Å². The monoisotopic (exact) mass is 423 g/mol. The first-order chi connectivity index (χ1) is 13.1. The fourth-order valence-electron chi connectivity index (χ4n) is 3.58. The average Bonchev–Trinajstić information content (AvgIpc) is 2.92. The number of rotatable bonds is 10. The summed E-state index contributed by atoms with van der Waals surface area (Å²) in [6, 6.07) is 0. The number of unbranched alkanes of at least 4 members (excludes halogenated alkanes) is 5. The Labute approximate surface area is 164 Å². The molecule has 0 aliphatic carbocycles. The second-order valence-corrected chi connectivity index (χ2v) is 9.27. The third-order valence-electron chi connectivity index (χ3n) is 5.27. The van der Waals surface area contributed by atoms with E-state index in [1.54, 1.807) is 0 Å². The fourth-order valence-corrected chi connectivity index (χ4v) is 4.49. The van der Waals surface area contributed by atoms with Crippen LogP contribution >= 0.6 is 0 Å². The van der Waals surface area contributed by atoms with Crippen molar-refractivity contribution in [2.24, 2.45) is 4.99 Å². The van der Waals surface area contributed by atoms with E-state index in [-0.39, 0.29) is 25.4 Å². The zero-order valence-electron chi connectivity index (χ0n) is 15.9. The number of aliphatic imine (C=N–C) groups is 1. The van der Waals surface area contributed by atoms with Crippen LogP contribution in [0.1, 0.15) is 64.2 Å². The summed E-state index contributed by atoms with van der Waals surface area (Å²) in [5.74, 6) is 0.451. The van der Waals surface area contributed by atoms with Crippen molar-refractivity contribution >= 4 is 21.8 Å². The third-order valence-corrected chi connectivity index (χ3v) is 6.78. The first-order valence-corrected chi connectivity index (χ1v) is 11.2. The van der Waals surface area contributed by atoms with Crippen LogP contribution in [0.2, 0.25) is 0 Å². The largest absolute Gasteiger partial charge is 0.389 e. The first-order valence-electron chi connectivity index (χ1n) is 9.67. The molecule has 2 heterocycles. The van der Waals surface area contributed by atoms with E-state index < -0.39 is 28.2 Å². The minimum absolute atomic E-state index is 0.174. The lowest BCUT2D eigenvalue weighted by atomic mass is 9.89. The summed E-state index contributed by atoms with van der Waals surface area (Å²) in [5, 5.41) is 3.72. The molecule has 0 radical (unpaired) electrons. The number of carbonyl (C=O) groups excluding carboxylic acids is 1. The number of amidine groups is 1. The molecule has 28 heavy (non-hydrogen) atoms. The molecule has 0 aromatic carbocycles. The smallest absolute Gasteiger partial charge is 0.312 e. The molecule has 10 heteroatoms. The molecule has 1 amide bonds. The summed E-state index contributed by atoms with van der Waals surface area (Å²) in [7, 11) is -3.48. The van der Waals surface area contributed by atoms with Gasteiger partial charge in [0, 0.05) is 31.3 Å². The Balaban J connectivity index is 1.69. The van der Waals surface area contributed by atoms with E-state index in [1.165, 1.54) is 4.31 Å². The number of alkyl halides is 3. The SMILES string of the molecule is C=CS(=O)(=O)N1CCC2(CC1)N=C(CCCCCCCCC(F)(F)F)NC2=O. The molecular weight excluding hydrogens is 395 g/mol. The molecule has 1 saturated heterocycles. The summed E-state index contributed by atoms with van der Waals surface area (Å²) >= 11 is 0. The van der Waals surface area contributed by atoms with E-state index in [1.807, 2.05) is 0 Å². The minimum atomic E-state index is -4.07. The highest BCUT2D eigenvalue weighted by Crippen LogP contribution is 2.32. The lowest BCUT2D eigenvalue weighted by Gasteiger charge is -2.34. The quantitative estimate of drug-likeness (QED) is 0.546. The van der Waals surface area contributed by atoms with Gasteiger partial charge in [0.15, 0.2) is 0 Å². The Morgan fingerprint density at radius 3 is 2.25 bits per heavy atom. The highest BCUT2D eigenvalue weighted by molar-refractivity contribution is 7.92. The van der Waals surface area contributed by atoms with E-state index in [2.05, 4.69) is 16.9 Å². The molecule has 6 nitrogen and oxygen atoms in total. The van der Waals surface area contributed by atoms with Crippen LogP contribution in [0.5, 0.6) is 0 Å². The molecule has 160 valence electrons. The highest BCUT2D eigenvalue weighted by Gasteiger charge is 2.46. The number of carbonyl (C=O) groups is 1. The van der Waals surface area contributed by atoms with Gasteiger partial charge in [-0.1, -0.05) is 32.3 Å². The molecule has 0 unspecified atom stereocenters. The van der Waals surface area contributed by atoms with Crippen molar-refractivity contribution < 1.29 is 26.4 Å². The van der Waals surface area contributed by atoms with Gasteiger partial charge in [0.1, 0.15) is 11.4 Å². The van der Waals surface area contributed by atoms with Crippen LogP contribution in [0, 0.1) is 0 Å². The van der Waals surface area contributed by atoms with Crippen molar-refractivity contribution in [2.75, 3.05) is 13.1 Å². The van der Waals surface area contributed by atoms with Crippen LogP contribution in [-0.2, 0) is 14.8 Å². The van der Waals surface area contributed by atoms with Gasteiger partial charge in [-0.15, -0.1) is 0 Å². The minimum Gasteiger partial charge on any atom is -0.312 e. The van der Waals surface area contributed by atoms with Gasteiger partial charge in [0.25, 0.3) is 5.91 Å². The maximum absolute atomic E-state index is 12.4. The van der Waals surface area contributed by atoms with Gasteiger partial charge < -0.3 is 5.32 Å². The average molecular weight is 424 g/mol. The Bertz CT molecular complexity index is 697. The number of halogens is 3. The molecule has 2 aliphatic heterocycles. The normalized spacial score (nSPS) is 20.2. The Kier molecular flexibility index (Phi) is 7.66. The number of amides is 1. The van der Waals surface area contributed by atoms with Gasteiger partial charge in [-0.3, -0.25) is 9.79 Å². The lowest BCUT2D eigenvalue weighted by Crippen LogP contribution is -2.50. The van der Waals surface area contributed by atoms with Crippen molar-refractivity contribution in [1.29, 1.82) is 0 Å². The second-order valence-electron chi connectivity index (χ2n) is 7.39. The van der Waals surface area contributed by atoms with Crippen LogP contribution in [0.4, 0.5) is 13.2 Å². The molecule has 1 fully saturated rings. The first kappa shape index (κ1) is 22.9. The van der Waals surface area contributed by atoms with Gasteiger partial charge >= 0.3 is 6.18 Å². The number of nitrogens with one attached hydrogen (secondary N) is 1. The Morgan fingerprint density at radius 2 is 1.68 bits per heavy atom. The van der Waals surface area contributed by atoms with E-state index in [9.17, 15) is 26.4 Å². The molecule has 0 aromatic heterocycles. The second kappa shape index (κ2) is 9.39. The fraction of sp³-hybridized carbons (Fsp3) is 0.778. The molecule has 0 bridgehead atoms. The number of sulfonamides is 1. The predicted octanol–water partition coefficient (Wildman–Crippen LogP) is 3.51. The van der Waals surface area contributed by atoms with Crippen LogP contribution < -0.4 is 5.32 Å². The lowest BCUT2D eigenvalue weighted by molar-refractivity contribution is -0.135. The summed E-state index contributed by atoms with van der Waals surface area (Å²) < 4.78 is 61.1. The third kappa shape index (κ3) is 6.30. The van der Waals surface area contributed by atoms with E-state index in [0.717, 1.165) is 31.1 Å². The maximum Gasteiger partial charge on any atom is 0.389 e. The molecule has 0 atom stereocenters. The zero-order valence-corrected chi connectivity index (χ0v) is 16.7. The molecule has 0 saturated carbocycles. The van der Waals surface area contributed by atoms with Crippen molar-refractivity contribution in [2.45, 2.75) is 75.9 Å². The Morgan fingerprint density at radius 1 is 1.11 bits per heavy atom. The van der Waals surface area contributed by atoms with Crippen LogP contribution in [-0.4, -0.2) is 49.3 Å². The number of hydrogen-bond acceptors (Lipinski definition) is 4. The van der Waals surface area contributed by atoms with Crippen LogP contribution in [0.15, 0.2) is 17.0 Å². The standard InChI is InChI=1S/C18H28F3N3O3S/c1-2-28(26,27)24-13-11-17(12-14-24)16(25)22-15(23-17)9-7-5-3-4-6-8-10-18(19,20)21/h2H,1,3-14H2,(H,22,23,25). The summed E-state index contributed by atoms with van der Waals surface area (Å²) in [6.45, 7) is 3.78. The number of piperidine rings is 1. The van der Waals surface area contributed by atoms with Gasteiger partial charge in [0.05, 0.1) is 0 Å². The molecule has 2 aliphatic rings. The van der Waals surface area contributed by atoms with E-state index in [0.29, 0.717) is 31.5 Å². The molecule has 2 rings (SSSR count). The Hall–Kier alpha value is -1.42. The molecule has 0 aromatic rings. The summed E-state index contributed by atoms with van der Waals surface area (Å²) in [5.41, 5.74) is -0.875. The van der Waals surface area contributed by atoms with E-state index in [4.69, 9.17) is 0 Å². The number of nitrogens with zero attached hydrogens (tertiary/aromatic N) is 2. The molecule has 1 N–H and O–H groups in total. The van der Waals surface area contributed by atoms with Crippen molar-refractivity contribution in [1.82, 2.24) is 9.62 Å². The van der Waals surface area contributed by atoms with Gasteiger partial charge in [0.2, 0.25) is 10.0 Å². The van der Waals surface area contributed by atoms with Crippen molar-refractivity contribution in [3.63, 3.8) is 0 Å². The zero-order chi connectivity index (χ0) is 20.8.